The fourth-order valence-electron chi connectivity index (χ4n) is 3.61. The maximum Gasteiger partial charge on any atom is 0.228 e. The highest BCUT2D eigenvalue weighted by molar-refractivity contribution is 5.79. The van der Waals surface area contributed by atoms with E-state index in [1.54, 1.807) is 6.92 Å². The van der Waals surface area contributed by atoms with Crippen molar-refractivity contribution >= 4 is 16.9 Å². The number of benzene rings is 1. The van der Waals surface area contributed by atoms with Gasteiger partial charge in [-0.3, -0.25) is 4.79 Å². The molecule has 1 aromatic carbocycles. The predicted molar refractivity (Wildman–Crippen MR) is 92.0 cm³/mol. The van der Waals surface area contributed by atoms with Crippen molar-refractivity contribution in [3.63, 3.8) is 0 Å². The minimum Gasteiger partial charge on any atom is -0.342 e. The van der Waals surface area contributed by atoms with Crippen molar-refractivity contribution in [2.45, 2.75) is 32.1 Å². The maximum absolute atomic E-state index is 12.6. The van der Waals surface area contributed by atoms with Crippen LogP contribution in [0.4, 0.5) is 0 Å². The Hall–Kier alpha value is -2.70. The molecule has 3 aromatic rings. The summed E-state index contributed by atoms with van der Waals surface area (Å²) in [6.07, 6.45) is 2.27. The van der Waals surface area contributed by atoms with E-state index >= 15 is 0 Å². The van der Waals surface area contributed by atoms with E-state index in [0.29, 0.717) is 17.9 Å². The number of rotatable bonds is 3. The summed E-state index contributed by atoms with van der Waals surface area (Å²) in [6, 6.07) is 8.14. The lowest BCUT2D eigenvalue weighted by molar-refractivity contribution is -0.131. The molecule has 1 aliphatic heterocycles. The summed E-state index contributed by atoms with van der Waals surface area (Å²) < 4.78 is 6.84. The van der Waals surface area contributed by atoms with Crippen LogP contribution in [0.5, 0.6) is 0 Å². The molecule has 130 valence electrons. The van der Waals surface area contributed by atoms with Gasteiger partial charge in [0.2, 0.25) is 5.91 Å². The van der Waals surface area contributed by atoms with E-state index in [4.69, 9.17) is 4.98 Å². The summed E-state index contributed by atoms with van der Waals surface area (Å²) in [6.45, 7) is 3.28. The average molecular weight is 339 g/mol. The van der Waals surface area contributed by atoms with Gasteiger partial charge in [-0.05, 0) is 31.9 Å². The second kappa shape index (κ2) is 6.31. The number of piperidine rings is 1. The van der Waals surface area contributed by atoms with Gasteiger partial charge < -0.3 is 9.47 Å². The highest BCUT2D eigenvalue weighted by Gasteiger charge is 2.28. The third kappa shape index (κ3) is 2.90. The van der Waals surface area contributed by atoms with E-state index in [9.17, 15) is 4.79 Å². The van der Waals surface area contributed by atoms with Crippen LogP contribution in [0.2, 0.25) is 0 Å². The van der Waals surface area contributed by atoms with Gasteiger partial charge in [-0.25, -0.2) is 9.61 Å². The van der Waals surface area contributed by atoms with E-state index in [1.807, 2.05) is 23.1 Å². The molecule has 0 spiro atoms. The molecule has 7 heteroatoms. The Morgan fingerprint density at radius 1 is 1.32 bits per heavy atom. The van der Waals surface area contributed by atoms with Gasteiger partial charge in [-0.15, -0.1) is 0 Å². The molecular weight excluding hydrogens is 318 g/mol. The zero-order valence-corrected chi connectivity index (χ0v) is 14.5. The molecule has 25 heavy (non-hydrogen) atoms. The van der Waals surface area contributed by atoms with Gasteiger partial charge in [0.1, 0.15) is 17.2 Å². The van der Waals surface area contributed by atoms with E-state index in [1.165, 1.54) is 0 Å². The Bertz CT molecular complexity index is 913. The monoisotopic (exact) mass is 339 g/mol. The molecule has 4 rings (SSSR count). The Kier molecular flexibility index (Phi) is 3.99. The molecule has 0 aliphatic carbocycles. The van der Waals surface area contributed by atoms with Crippen molar-refractivity contribution in [1.29, 1.82) is 0 Å². The van der Waals surface area contributed by atoms with Crippen LogP contribution < -0.4 is 0 Å². The van der Waals surface area contributed by atoms with Crippen LogP contribution in [-0.2, 0) is 18.3 Å². The van der Waals surface area contributed by atoms with Gasteiger partial charge in [0, 0.05) is 26.1 Å². The lowest BCUT2D eigenvalue weighted by Gasteiger charge is -2.32. The topological polar surface area (TPSA) is 77.1 Å². The number of hydrogen-bond acceptors (Lipinski definition) is 5. The van der Waals surface area contributed by atoms with Crippen LogP contribution in [0.3, 0.4) is 0 Å². The number of aryl methyl sites for hydroxylation is 2. The quantitative estimate of drug-likeness (QED) is 0.731. The number of hydrogen-bond donors (Lipinski definition) is 0. The van der Waals surface area contributed by atoms with Crippen molar-refractivity contribution in [3.8, 4) is 0 Å². The molecule has 2 aromatic heterocycles. The standard InChI is InChI=1S/C18H21N5O2/c1-12-15(21-25-20-12)10-17(24)23-9-5-6-13(11-23)18-19-14-7-3-4-8-16(14)22(18)2/h3-4,7-8,13H,5-6,9-11H2,1-2H3/t13-/m1/s1. The van der Waals surface area contributed by atoms with E-state index in [0.717, 1.165) is 36.2 Å². The molecule has 0 N–H and O–H groups in total. The highest BCUT2D eigenvalue weighted by Crippen LogP contribution is 2.28. The van der Waals surface area contributed by atoms with Crippen molar-refractivity contribution in [3.05, 3.63) is 41.5 Å². The van der Waals surface area contributed by atoms with Crippen LogP contribution in [0, 0.1) is 6.92 Å². The second-order valence-electron chi connectivity index (χ2n) is 6.67. The summed E-state index contributed by atoms with van der Waals surface area (Å²) >= 11 is 0. The first-order valence-corrected chi connectivity index (χ1v) is 8.60. The number of carbonyl (C=O) groups is 1. The Morgan fingerprint density at radius 2 is 2.16 bits per heavy atom. The van der Waals surface area contributed by atoms with Gasteiger partial charge in [0.25, 0.3) is 0 Å². The molecule has 0 saturated carbocycles. The maximum atomic E-state index is 12.6. The van der Waals surface area contributed by atoms with Crippen LogP contribution >= 0.6 is 0 Å². The fraction of sp³-hybridized carbons (Fsp3) is 0.444. The summed E-state index contributed by atoms with van der Waals surface area (Å²) in [5.74, 6) is 1.38. The first kappa shape index (κ1) is 15.8. The van der Waals surface area contributed by atoms with Crippen molar-refractivity contribution in [2.75, 3.05) is 13.1 Å². The van der Waals surface area contributed by atoms with Gasteiger partial charge in [0.15, 0.2) is 0 Å². The SMILES string of the molecule is Cc1nonc1CC(=O)N1CCC[C@@H](c2nc3ccccc3n2C)C1. The number of nitrogens with zero attached hydrogens (tertiary/aromatic N) is 5. The third-order valence-electron chi connectivity index (χ3n) is 5.03. The van der Waals surface area contributed by atoms with E-state index in [-0.39, 0.29) is 18.2 Å². The van der Waals surface area contributed by atoms with Gasteiger partial charge in [-0.1, -0.05) is 22.4 Å². The average Bonchev–Trinajstić information content (AvgIpc) is 3.19. The van der Waals surface area contributed by atoms with Crippen molar-refractivity contribution in [1.82, 2.24) is 24.8 Å². The molecule has 7 nitrogen and oxygen atoms in total. The number of amides is 1. The minimum atomic E-state index is 0.0715. The summed E-state index contributed by atoms with van der Waals surface area (Å²) in [4.78, 5) is 19.4. The number of likely N-dealkylation sites (tertiary alicyclic amines) is 1. The molecule has 0 unspecified atom stereocenters. The Labute approximate surface area is 145 Å². The molecule has 0 radical (unpaired) electrons. The summed E-state index contributed by atoms with van der Waals surface area (Å²) in [7, 11) is 2.05. The predicted octanol–water partition coefficient (Wildman–Crippen LogP) is 2.21. The largest absolute Gasteiger partial charge is 0.342 e. The molecule has 3 heterocycles. The van der Waals surface area contributed by atoms with E-state index in [2.05, 4.69) is 32.6 Å². The molecule has 0 bridgehead atoms. The van der Waals surface area contributed by atoms with Gasteiger partial charge >= 0.3 is 0 Å². The molecule has 1 fully saturated rings. The number of carbonyl (C=O) groups excluding carboxylic acids is 1. The van der Waals surface area contributed by atoms with Crippen LogP contribution in [0.25, 0.3) is 11.0 Å². The molecule has 1 saturated heterocycles. The fourth-order valence-corrected chi connectivity index (χ4v) is 3.61. The Morgan fingerprint density at radius 3 is 2.92 bits per heavy atom. The normalized spacial score (nSPS) is 18.0. The number of imidazole rings is 1. The second-order valence-corrected chi connectivity index (χ2v) is 6.67. The zero-order valence-electron chi connectivity index (χ0n) is 14.5. The van der Waals surface area contributed by atoms with Crippen molar-refractivity contribution in [2.24, 2.45) is 7.05 Å². The van der Waals surface area contributed by atoms with Gasteiger partial charge in [-0.2, -0.15) is 0 Å². The first-order valence-electron chi connectivity index (χ1n) is 8.60. The molecule has 1 atom stereocenters. The highest BCUT2D eigenvalue weighted by atomic mass is 16.6. The number of aromatic nitrogens is 4. The van der Waals surface area contributed by atoms with Crippen LogP contribution in [0.1, 0.15) is 36.0 Å². The molecule has 1 amide bonds. The number of para-hydroxylation sites is 2. The lowest BCUT2D eigenvalue weighted by atomic mass is 9.96. The number of fused-ring (bicyclic) bond motifs is 1. The Balaban J connectivity index is 1.53. The molecule has 1 aliphatic rings. The van der Waals surface area contributed by atoms with Crippen molar-refractivity contribution < 1.29 is 9.42 Å². The smallest absolute Gasteiger partial charge is 0.228 e. The third-order valence-corrected chi connectivity index (χ3v) is 5.03. The lowest BCUT2D eigenvalue weighted by Crippen LogP contribution is -2.40. The minimum absolute atomic E-state index is 0.0715. The zero-order chi connectivity index (χ0) is 17.4. The van der Waals surface area contributed by atoms with Gasteiger partial charge in [0.05, 0.1) is 17.5 Å². The first-order chi connectivity index (χ1) is 12.1. The summed E-state index contributed by atoms with van der Waals surface area (Å²) in [5, 5.41) is 7.56. The van der Waals surface area contributed by atoms with E-state index < -0.39 is 0 Å². The van der Waals surface area contributed by atoms with Crippen LogP contribution in [-0.4, -0.2) is 43.8 Å². The van der Waals surface area contributed by atoms with Crippen LogP contribution in [0.15, 0.2) is 28.9 Å². The molecular formula is C18H21N5O2. The summed E-state index contributed by atoms with van der Waals surface area (Å²) in [5.41, 5.74) is 3.44.